The Bertz CT molecular complexity index is 533. The number of hydrogen-bond acceptors (Lipinski definition) is 3. The van der Waals surface area contributed by atoms with Crippen molar-refractivity contribution in [2.45, 2.75) is 19.8 Å². The second-order valence-corrected chi connectivity index (χ2v) is 5.80. The minimum atomic E-state index is 0.221. The van der Waals surface area contributed by atoms with Crippen LogP contribution in [0, 0.1) is 13.8 Å². The summed E-state index contributed by atoms with van der Waals surface area (Å²) in [6.45, 7) is 4.81. The van der Waals surface area contributed by atoms with E-state index < -0.39 is 0 Å². The molecular formula is C15H19NOS. The zero-order valence-electron chi connectivity index (χ0n) is 11.1. The lowest BCUT2D eigenvalue weighted by Crippen LogP contribution is -2.13. The fourth-order valence-electron chi connectivity index (χ4n) is 2.16. The van der Waals surface area contributed by atoms with Gasteiger partial charge in [0.1, 0.15) is 5.75 Å². The Morgan fingerprint density at radius 3 is 2.56 bits per heavy atom. The molecule has 18 heavy (non-hydrogen) atoms. The zero-order chi connectivity index (χ0) is 13.1. The van der Waals surface area contributed by atoms with E-state index in [4.69, 9.17) is 10.5 Å². The fraction of sp³-hybridized carbons (Fsp3) is 0.333. The molecule has 1 heterocycles. The molecule has 0 amide bonds. The first-order valence-corrected chi connectivity index (χ1v) is 6.88. The third-order valence-corrected chi connectivity index (χ3v) is 4.22. The first kappa shape index (κ1) is 13.1. The highest BCUT2D eigenvalue weighted by molar-refractivity contribution is 7.12. The summed E-state index contributed by atoms with van der Waals surface area (Å²) in [5.74, 6) is 1.14. The molecule has 0 radical (unpaired) electrons. The molecule has 0 spiro atoms. The van der Waals surface area contributed by atoms with Crippen molar-refractivity contribution in [2.75, 3.05) is 13.7 Å². The Labute approximate surface area is 112 Å². The summed E-state index contributed by atoms with van der Waals surface area (Å²) in [7, 11) is 1.71. The summed E-state index contributed by atoms with van der Waals surface area (Å²) < 4.78 is 5.46. The lowest BCUT2D eigenvalue weighted by molar-refractivity contribution is 0.408. The van der Waals surface area contributed by atoms with E-state index in [-0.39, 0.29) is 5.92 Å². The van der Waals surface area contributed by atoms with E-state index in [9.17, 15) is 0 Å². The van der Waals surface area contributed by atoms with Crippen LogP contribution in [0.3, 0.4) is 0 Å². The van der Waals surface area contributed by atoms with Crippen molar-refractivity contribution >= 4 is 11.3 Å². The van der Waals surface area contributed by atoms with E-state index in [2.05, 4.69) is 38.1 Å². The molecule has 0 fully saturated rings. The first-order valence-electron chi connectivity index (χ1n) is 6.06. The number of nitrogens with two attached hydrogens (primary N) is 1. The Balaban J connectivity index is 2.47. The molecule has 0 saturated carbocycles. The fourth-order valence-corrected chi connectivity index (χ4v) is 3.17. The lowest BCUT2D eigenvalue weighted by Gasteiger charge is -2.17. The van der Waals surface area contributed by atoms with Gasteiger partial charge in [-0.25, -0.2) is 0 Å². The van der Waals surface area contributed by atoms with Crippen LogP contribution in [-0.4, -0.2) is 13.7 Å². The van der Waals surface area contributed by atoms with Crippen LogP contribution in [-0.2, 0) is 0 Å². The average Bonchev–Trinajstić information content (AvgIpc) is 2.77. The third kappa shape index (κ3) is 2.57. The normalized spacial score (nSPS) is 12.4. The molecule has 1 aromatic heterocycles. The maximum absolute atomic E-state index is 5.97. The zero-order valence-corrected chi connectivity index (χ0v) is 11.9. The molecule has 0 saturated heterocycles. The maximum atomic E-state index is 5.97. The van der Waals surface area contributed by atoms with Crippen molar-refractivity contribution in [3.63, 3.8) is 0 Å². The average molecular weight is 261 g/mol. The summed E-state index contributed by atoms with van der Waals surface area (Å²) in [5, 5.41) is 0. The van der Waals surface area contributed by atoms with E-state index in [0.717, 1.165) is 5.75 Å². The second kappa shape index (κ2) is 5.55. The van der Waals surface area contributed by atoms with E-state index >= 15 is 0 Å². The molecule has 1 unspecified atom stereocenters. The molecule has 0 aliphatic heterocycles. The van der Waals surface area contributed by atoms with Gasteiger partial charge in [-0.1, -0.05) is 17.7 Å². The summed E-state index contributed by atoms with van der Waals surface area (Å²) in [5.41, 5.74) is 8.39. The highest BCUT2D eigenvalue weighted by atomic mass is 32.1. The molecule has 0 bridgehead atoms. The van der Waals surface area contributed by atoms with E-state index in [1.807, 2.05) is 6.07 Å². The van der Waals surface area contributed by atoms with Crippen molar-refractivity contribution < 1.29 is 4.74 Å². The van der Waals surface area contributed by atoms with E-state index in [0.29, 0.717) is 6.54 Å². The summed E-state index contributed by atoms with van der Waals surface area (Å²) in [6, 6.07) is 10.6. The summed E-state index contributed by atoms with van der Waals surface area (Å²) in [6.07, 6.45) is 0. The van der Waals surface area contributed by atoms with Gasteiger partial charge in [0.05, 0.1) is 7.11 Å². The summed E-state index contributed by atoms with van der Waals surface area (Å²) >= 11 is 1.80. The Hall–Kier alpha value is -1.32. The molecule has 2 rings (SSSR count). The van der Waals surface area contributed by atoms with Gasteiger partial charge in [0.25, 0.3) is 0 Å². The number of aryl methyl sites for hydroxylation is 2. The van der Waals surface area contributed by atoms with Gasteiger partial charge in [-0.15, -0.1) is 11.3 Å². The minimum absolute atomic E-state index is 0.221. The Kier molecular flexibility index (Phi) is 4.04. The van der Waals surface area contributed by atoms with Crippen LogP contribution in [0.5, 0.6) is 5.75 Å². The third-order valence-electron chi connectivity index (χ3n) is 3.10. The van der Waals surface area contributed by atoms with Crippen LogP contribution < -0.4 is 10.5 Å². The largest absolute Gasteiger partial charge is 0.496 e. The van der Waals surface area contributed by atoms with Crippen LogP contribution in [0.25, 0.3) is 0 Å². The summed E-state index contributed by atoms with van der Waals surface area (Å²) in [4.78, 5) is 2.62. The van der Waals surface area contributed by atoms with Gasteiger partial charge < -0.3 is 10.5 Å². The Morgan fingerprint density at radius 1 is 1.22 bits per heavy atom. The predicted octanol–water partition coefficient (Wildman–Crippen LogP) is 3.46. The van der Waals surface area contributed by atoms with Crippen LogP contribution >= 0.6 is 11.3 Å². The Morgan fingerprint density at radius 2 is 2.00 bits per heavy atom. The SMILES string of the molecule is COc1ccc(C)cc1C(CN)c1ccc(C)s1. The highest BCUT2D eigenvalue weighted by Crippen LogP contribution is 2.35. The van der Waals surface area contributed by atoms with Gasteiger partial charge in [0.15, 0.2) is 0 Å². The molecule has 1 aromatic carbocycles. The van der Waals surface area contributed by atoms with E-state index in [1.54, 1.807) is 18.4 Å². The second-order valence-electron chi connectivity index (χ2n) is 4.48. The smallest absolute Gasteiger partial charge is 0.122 e. The molecule has 0 aliphatic rings. The van der Waals surface area contributed by atoms with E-state index in [1.165, 1.54) is 20.9 Å². The van der Waals surface area contributed by atoms with Gasteiger partial charge in [-0.3, -0.25) is 0 Å². The lowest BCUT2D eigenvalue weighted by atomic mass is 9.95. The van der Waals surface area contributed by atoms with Crippen molar-refractivity contribution in [1.82, 2.24) is 0 Å². The molecule has 96 valence electrons. The first-order chi connectivity index (χ1) is 8.65. The number of hydrogen-bond donors (Lipinski definition) is 1. The predicted molar refractivity (Wildman–Crippen MR) is 77.7 cm³/mol. The monoisotopic (exact) mass is 261 g/mol. The minimum Gasteiger partial charge on any atom is -0.496 e. The number of rotatable bonds is 4. The molecule has 2 nitrogen and oxygen atoms in total. The number of methoxy groups -OCH3 is 1. The molecule has 1 atom stereocenters. The quantitative estimate of drug-likeness (QED) is 0.914. The van der Waals surface area contributed by atoms with Gasteiger partial charge in [0.2, 0.25) is 0 Å². The van der Waals surface area contributed by atoms with Gasteiger partial charge in [0, 0.05) is 27.8 Å². The van der Waals surface area contributed by atoms with Crippen molar-refractivity contribution in [3.8, 4) is 5.75 Å². The van der Waals surface area contributed by atoms with Gasteiger partial charge in [-0.05, 0) is 32.0 Å². The van der Waals surface area contributed by atoms with Crippen LogP contribution in [0.2, 0.25) is 0 Å². The molecule has 2 aromatic rings. The molecule has 3 heteroatoms. The highest BCUT2D eigenvalue weighted by Gasteiger charge is 2.18. The van der Waals surface area contributed by atoms with Crippen molar-refractivity contribution in [2.24, 2.45) is 5.73 Å². The molecule has 2 N–H and O–H groups in total. The maximum Gasteiger partial charge on any atom is 0.122 e. The van der Waals surface area contributed by atoms with Crippen LogP contribution in [0.15, 0.2) is 30.3 Å². The van der Waals surface area contributed by atoms with Crippen molar-refractivity contribution in [1.29, 1.82) is 0 Å². The topological polar surface area (TPSA) is 35.2 Å². The number of thiophene rings is 1. The van der Waals surface area contributed by atoms with Gasteiger partial charge >= 0.3 is 0 Å². The number of ether oxygens (including phenoxy) is 1. The standard InChI is InChI=1S/C15H19NOS/c1-10-4-6-14(17-3)12(8-10)13(9-16)15-7-5-11(2)18-15/h4-8,13H,9,16H2,1-3H3. The number of benzene rings is 1. The molecular weight excluding hydrogens is 242 g/mol. The van der Waals surface area contributed by atoms with Crippen molar-refractivity contribution in [3.05, 3.63) is 51.2 Å². The van der Waals surface area contributed by atoms with Crippen LogP contribution in [0.1, 0.15) is 26.8 Å². The molecule has 0 aliphatic carbocycles. The van der Waals surface area contributed by atoms with Crippen LogP contribution in [0.4, 0.5) is 0 Å². The van der Waals surface area contributed by atoms with Gasteiger partial charge in [-0.2, -0.15) is 0 Å².